The van der Waals surface area contributed by atoms with E-state index in [1.54, 1.807) is 18.5 Å². The van der Waals surface area contributed by atoms with E-state index in [-0.39, 0.29) is 7.24 Å². The molecule has 2 aromatic carbocycles. The zero-order chi connectivity index (χ0) is 20.5. The summed E-state index contributed by atoms with van der Waals surface area (Å²) in [5.41, 5.74) is 2.49. The van der Waals surface area contributed by atoms with Crippen LogP contribution in [0.4, 0.5) is 21.7 Å². The number of anilines is 3. The number of hydrogen-bond donors (Lipinski definition) is 1. The number of nitrogens with zero attached hydrogens (tertiary/aromatic N) is 5. The smallest absolute Gasteiger partial charge is 0.246 e. The fraction of sp³-hybridized carbons (Fsp3) is 0.333. The van der Waals surface area contributed by atoms with Crippen molar-refractivity contribution in [3.63, 3.8) is 0 Å². The van der Waals surface area contributed by atoms with Gasteiger partial charge in [0, 0.05) is 50.0 Å². The molecule has 0 aliphatic carbocycles. The lowest BCUT2D eigenvalue weighted by Crippen LogP contribution is -2.61. The second-order valence-corrected chi connectivity index (χ2v) is 7.96. The predicted molar refractivity (Wildman–Crippen MR) is 117 cm³/mol. The van der Waals surface area contributed by atoms with E-state index in [4.69, 9.17) is 16.3 Å². The summed E-state index contributed by atoms with van der Waals surface area (Å²) in [7, 11) is 0. The number of ether oxygens (including phenoxy) is 1. The van der Waals surface area contributed by atoms with Crippen LogP contribution in [0.3, 0.4) is 0 Å². The number of halogens is 2. The lowest BCUT2D eigenvalue weighted by molar-refractivity contribution is 0.0105. The molecule has 3 aromatic rings. The molecule has 0 spiro atoms. The van der Waals surface area contributed by atoms with Crippen molar-refractivity contribution >= 4 is 28.9 Å². The van der Waals surface area contributed by atoms with Crippen LogP contribution in [0, 0.1) is 5.82 Å². The van der Waals surface area contributed by atoms with E-state index in [0.717, 1.165) is 50.8 Å². The number of morpholine rings is 1. The van der Waals surface area contributed by atoms with Gasteiger partial charge >= 0.3 is 0 Å². The number of hydrogen-bond acceptors (Lipinski definition) is 6. The van der Waals surface area contributed by atoms with Gasteiger partial charge in [-0.3, -0.25) is 4.90 Å². The SMILES string of the molecule is Fc1cccc(-n2cnc(Nc3cc(Cl)cc(N4CC(N5CCOCC5)C4)c3)n2)c1.[HH]. The van der Waals surface area contributed by atoms with Crippen LogP contribution in [-0.4, -0.2) is 65.1 Å². The van der Waals surface area contributed by atoms with E-state index in [0.29, 0.717) is 22.7 Å². The highest BCUT2D eigenvalue weighted by Crippen LogP contribution is 2.31. The van der Waals surface area contributed by atoms with Gasteiger partial charge in [-0.15, -0.1) is 5.10 Å². The van der Waals surface area contributed by atoms with Gasteiger partial charge in [0.2, 0.25) is 5.95 Å². The molecule has 0 saturated carbocycles. The van der Waals surface area contributed by atoms with Gasteiger partial charge < -0.3 is 15.0 Å². The third-order valence-corrected chi connectivity index (χ3v) is 5.71. The minimum Gasteiger partial charge on any atom is -0.379 e. The molecule has 0 bridgehead atoms. The van der Waals surface area contributed by atoms with Gasteiger partial charge in [-0.1, -0.05) is 17.7 Å². The molecule has 7 nitrogen and oxygen atoms in total. The average molecular weight is 431 g/mol. The quantitative estimate of drug-likeness (QED) is 0.667. The molecule has 30 heavy (non-hydrogen) atoms. The van der Waals surface area contributed by atoms with E-state index in [9.17, 15) is 4.39 Å². The number of nitrogens with one attached hydrogen (secondary N) is 1. The molecular formula is C21H24ClFN6O. The van der Waals surface area contributed by atoms with Crippen LogP contribution >= 0.6 is 11.6 Å². The summed E-state index contributed by atoms with van der Waals surface area (Å²) in [4.78, 5) is 9.08. The van der Waals surface area contributed by atoms with E-state index in [1.807, 2.05) is 18.2 Å². The maximum Gasteiger partial charge on any atom is 0.246 e. The van der Waals surface area contributed by atoms with Crippen molar-refractivity contribution in [1.82, 2.24) is 19.7 Å². The van der Waals surface area contributed by atoms with Crippen molar-refractivity contribution in [3.8, 4) is 5.69 Å². The van der Waals surface area contributed by atoms with Gasteiger partial charge in [-0.25, -0.2) is 9.07 Å². The van der Waals surface area contributed by atoms with Crippen LogP contribution in [0.1, 0.15) is 1.43 Å². The first-order chi connectivity index (χ1) is 14.6. The first-order valence-corrected chi connectivity index (χ1v) is 10.3. The predicted octanol–water partition coefficient (Wildman–Crippen LogP) is 3.57. The Balaban J connectivity index is 0.00000231. The van der Waals surface area contributed by atoms with E-state index < -0.39 is 0 Å². The summed E-state index contributed by atoms with van der Waals surface area (Å²) < 4.78 is 20.4. The Morgan fingerprint density at radius 3 is 2.73 bits per heavy atom. The Bertz CT molecular complexity index is 1040. The van der Waals surface area contributed by atoms with Crippen LogP contribution in [-0.2, 0) is 4.74 Å². The molecule has 0 amide bonds. The molecule has 1 aromatic heterocycles. The first-order valence-electron chi connectivity index (χ1n) is 9.96. The lowest BCUT2D eigenvalue weighted by atomic mass is 10.0. The Morgan fingerprint density at radius 1 is 1.10 bits per heavy atom. The van der Waals surface area contributed by atoms with Crippen LogP contribution in [0.5, 0.6) is 0 Å². The molecule has 0 atom stereocenters. The van der Waals surface area contributed by atoms with Crippen molar-refractivity contribution in [2.75, 3.05) is 49.6 Å². The molecule has 158 valence electrons. The van der Waals surface area contributed by atoms with Gasteiger partial charge in [0.15, 0.2) is 0 Å². The maximum atomic E-state index is 13.5. The monoisotopic (exact) mass is 430 g/mol. The van der Waals surface area contributed by atoms with Crippen LogP contribution in [0.25, 0.3) is 5.69 Å². The van der Waals surface area contributed by atoms with Crippen molar-refractivity contribution in [1.29, 1.82) is 0 Å². The fourth-order valence-electron chi connectivity index (χ4n) is 3.86. The largest absolute Gasteiger partial charge is 0.379 e. The second kappa shape index (κ2) is 8.22. The Morgan fingerprint density at radius 2 is 1.93 bits per heavy atom. The van der Waals surface area contributed by atoms with E-state index in [2.05, 4.69) is 25.2 Å². The zero-order valence-corrected chi connectivity index (χ0v) is 17.1. The average Bonchev–Trinajstić information content (AvgIpc) is 3.16. The normalized spacial score (nSPS) is 17.7. The van der Waals surface area contributed by atoms with Crippen molar-refractivity contribution in [3.05, 3.63) is 59.6 Å². The molecule has 0 unspecified atom stereocenters. The second-order valence-electron chi connectivity index (χ2n) is 7.52. The summed E-state index contributed by atoms with van der Waals surface area (Å²) in [6.45, 7) is 5.59. The summed E-state index contributed by atoms with van der Waals surface area (Å²) >= 11 is 6.36. The highest BCUT2D eigenvalue weighted by atomic mass is 35.5. The lowest BCUT2D eigenvalue weighted by Gasteiger charge is -2.47. The molecule has 2 aliphatic rings. The summed E-state index contributed by atoms with van der Waals surface area (Å²) in [5, 5.41) is 8.22. The first kappa shape index (κ1) is 19.3. The standard InChI is InChI=1S/C21H22ClFN6O.H2/c22-15-8-17(25-21-24-14-29(26-21)18-3-1-2-16(23)10-18)11-19(9-15)28-12-20(13-28)27-4-6-30-7-5-27;/h1-3,8-11,14,20H,4-7,12-13H2,(H,25,26);1H. The van der Waals surface area contributed by atoms with Gasteiger partial charge in [0.05, 0.1) is 18.9 Å². The van der Waals surface area contributed by atoms with Crippen LogP contribution in [0.15, 0.2) is 48.8 Å². The molecule has 2 fully saturated rings. The maximum absolute atomic E-state index is 13.5. The highest BCUT2D eigenvalue weighted by molar-refractivity contribution is 6.31. The van der Waals surface area contributed by atoms with Gasteiger partial charge in [-0.05, 0) is 36.4 Å². The van der Waals surface area contributed by atoms with Crippen molar-refractivity contribution < 1.29 is 10.6 Å². The molecular weight excluding hydrogens is 407 g/mol. The van der Waals surface area contributed by atoms with Gasteiger partial charge in [0.25, 0.3) is 0 Å². The van der Waals surface area contributed by atoms with Gasteiger partial charge in [0.1, 0.15) is 12.1 Å². The third-order valence-electron chi connectivity index (χ3n) is 5.49. The Kier molecular flexibility index (Phi) is 5.28. The van der Waals surface area contributed by atoms with Crippen LogP contribution in [0.2, 0.25) is 5.02 Å². The highest BCUT2D eigenvalue weighted by Gasteiger charge is 2.32. The number of aromatic nitrogens is 3. The van der Waals surface area contributed by atoms with Crippen LogP contribution < -0.4 is 10.2 Å². The van der Waals surface area contributed by atoms with Crippen molar-refractivity contribution in [2.45, 2.75) is 6.04 Å². The Labute approximate surface area is 180 Å². The Hall–Kier alpha value is -2.68. The van der Waals surface area contributed by atoms with E-state index >= 15 is 0 Å². The summed E-state index contributed by atoms with van der Waals surface area (Å²) in [6.07, 6.45) is 1.55. The molecule has 2 aliphatic heterocycles. The number of benzene rings is 2. The minimum atomic E-state index is -0.318. The molecule has 0 radical (unpaired) electrons. The van der Waals surface area contributed by atoms with Gasteiger partial charge in [-0.2, -0.15) is 4.98 Å². The molecule has 5 rings (SSSR count). The third kappa shape index (κ3) is 4.12. The molecule has 1 N–H and O–H groups in total. The molecule has 3 heterocycles. The zero-order valence-electron chi connectivity index (χ0n) is 16.3. The number of rotatable bonds is 5. The van der Waals surface area contributed by atoms with E-state index in [1.165, 1.54) is 16.8 Å². The molecule has 9 heteroatoms. The minimum absolute atomic E-state index is 0. The summed E-state index contributed by atoms with van der Waals surface area (Å²) in [5.74, 6) is 0.101. The summed E-state index contributed by atoms with van der Waals surface area (Å²) in [6, 6.07) is 12.6. The topological polar surface area (TPSA) is 58.5 Å². The van der Waals surface area contributed by atoms with Crippen molar-refractivity contribution in [2.24, 2.45) is 0 Å². The fourth-order valence-corrected chi connectivity index (χ4v) is 4.09. The molecule has 2 saturated heterocycles.